The fourth-order valence-electron chi connectivity index (χ4n) is 1.99. The van der Waals surface area contributed by atoms with E-state index in [0.717, 1.165) is 28.6 Å². The van der Waals surface area contributed by atoms with E-state index in [1.54, 1.807) is 6.20 Å². The SMILES string of the molecule is CCCNC(c1cncc(F)c1)c1ccc(Br)c(Cl)c1. The third-order valence-electron chi connectivity index (χ3n) is 2.93. The van der Waals surface area contributed by atoms with E-state index in [1.807, 2.05) is 18.2 Å². The predicted molar refractivity (Wildman–Crippen MR) is 83.5 cm³/mol. The molecule has 1 heterocycles. The highest BCUT2D eigenvalue weighted by atomic mass is 79.9. The van der Waals surface area contributed by atoms with Gasteiger partial charge in [-0.25, -0.2) is 4.39 Å². The minimum Gasteiger partial charge on any atom is -0.306 e. The highest BCUT2D eigenvalue weighted by molar-refractivity contribution is 9.10. The number of hydrogen-bond donors (Lipinski definition) is 1. The minimum absolute atomic E-state index is 0.122. The molecule has 1 aromatic heterocycles. The van der Waals surface area contributed by atoms with Crippen molar-refractivity contribution in [1.82, 2.24) is 10.3 Å². The van der Waals surface area contributed by atoms with Crippen molar-refractivity contribution >= 4 is 27.5 Å². The number of rotatable bonds is 5. The summed E-state index contributed by atoms with van der Waals surface area (Å²) in [6.45, 7) is 2.91. The Kier molecular flexibility index (Phi) is 5.52. The molecule has 106 valence electrons. The van der Waals surface area contributed by atoms with Crippen molar-refractivity contribution in [3.63, 3.8) is 0 Å². The Bertz CT molecular complexity index is 592. The van der Waals surface area contributed by atoms with Crippen molar-refractivity contribution in [3.05, 3.63) is 63.1 Å². The summed E-state index contributed by atoms with van der Waals surface area (Å²) in [6.07, 6.45) is 3.87. The van der Waals surface area contributed by atoms with Crippen molar-refractivity contribution in [1.29, 1.82) is 0 Å². The molecule has 1 aromatic carbocycles. The number of benzene rings is 1. The summed E-state index contributed by atoms with van der Waals surface area (Å²) in [5, 5.41) is 4.03. The Labute approximate surface area is 131 Å². The van der Waals surface area contributed by atoms with Gasteiger partial charge in [0.15, 0.2) is 0 Å². The quantitative estimate of drug-likeness (QED) is 0.837. The highest BCUT2D eigenvalue weighted by Crippen LogP contribution is 2.29. The average molecular weight is 358 g/mol. The van der Waals surface area contributed by atoms with Gasteiger partial charge in [-0.1, -0.05) is 24.6 Å². The van der Waals surface area contributed by atoms with Crippen LogP contribution in [-0.4, -0.2) is 11.5 Å². The normalized spacial score (nSPS) is 12.4. The fraction of sp³-hybridized carbons (Fsp3) is 0.267. The third kappa shape index (κ3) is 3.78. The lowest BCUT2D eigenvalue weighted by atomic mass is 10.00. The molecule has 0 amide bonds. The average Bonchev–Trinajstić information content (AvgIpc) is 2.43. The molecule has 20 heavy (non-hydrogen) atoms. The number of pyridine rings is 1. The molecular weight excluding hydrogens is 343 g/mol. The van der Waals surface area contributed by atoms with Crippen molar-refractivity contribution in [2.24, 2.45) is 0 Å². The Morgan fingerprint density at radius 2 is 2.10 bits per heavy atom. The van der Waals surface area contributed by atoms with E-state index in [-0.39, 0.29) is 11.9 Å². The van der Waals surface area contributed by atoms with E-state index in [9.17, 15) is 4.39 Å². The number of halogens is 3. The summed E-state index contributed by atoms with van der Waals surface area (Å²) in [7, 11) is 0. The molecule has 0 saturated carbocycles. The van der Waals surface area contributed by atoms with Gasteiger partial charge in [0.05, 0.1) is 17.3 Å². The maximum absolute atomic E-state index is 13.4. The molecule has 0 aliphatic carbocycles. The zero-order valence-electron chi connectivity index (χ0n) is 11.0. The van der Waals surface area contributed by atoms with Crippen LogP contribution in [0, 0.1) is 5.82 Å². The Hall–Kier alpha value is -0.970. The van der Waals surface area contributed by atoms with Crippen molar-refractivity contribution in [3.8, 4) is 0 Å². The zero-order valence-corrected chi connectivity index (χ0v) is 13.4. The lowest BCUT2D eigenvalue weighted by Crippen LogP contribution is -2.23. The lowest BCUT2D eigenvalue weighted by Gasteiger charge is -2.19. The maximum atomic E-state index is 13.4. The standard InChI is InChI=1S/C15H15BrClFN2/c1-2-5-20-15(11-6-12(18)9-19-8-11)10-3-4-13(16)14(17)7-10/h3-4,6-9,15,20H,2,5H2,1H3. The molecule has 0 spiro atoms. The second kappa shape index (κ2) is 7.16. The lowest BCUT2D eigenvalue weighted by molar-refractivity contribution is 0.580. The number of nitrogens with zero attached hydrogens (tertiary/aromatic N) is 1. The van der Waals surface area contributed by atoms with Crippen LogP contribution in [0.2, 0.25) is 5.02 Å². The van der Waals surface area contributed by atoms with Gasteiger partial charge in [0, 0.05) is 10.7 Å². The smallest absolute Gasteiger partial charge is 0.141 e. The number of aromatic nitrogens is 1. The third-order valence-corrected chi connectivity index (χ3v) is 4.17. The molecule has 0 aliphatic heterocycles. The first kappa shape index (κ1) is 15.4. The monoisotopic (exact) mass is 356 g/mol. The van der Waals surface area contributed by atoms with E-state index in [0.29, 0.717) is 5.02 Å². The summed E-state index contributed by atoms with van der Waals surface area (Å²) >= 11 is 9.52. The largest absolute Gasteiger partial charge is 0.306 e. The van der Waals surface area contributed by atoms with Gasteiger partial charge in [0.2, 0.25) is 0 Å². The van der Waals surface area contributed by atoms with Gasteiger partial charge >= 0.3 is 0 Å². The van der Waals surface area contributed by atoms with Gasteiger partial charge in [-0.05, 0) is 58.2 Å². The first-order chi connectivity index (χ1) is 9.61. The van der Waals surface area contributed by atoms with Crippen LogP contribution in [-0.2, 0) is 0 Å². The summed E-state index contributed by atoms with van der Waals surface area (Å²) < 4.78 is 14.2. The van der Waals surface area contributed by atoms with Gasteiger partial charge in [-0.3, -0.25) is 4.98 Å². The van der Waals surface area contributed by atoms with E-state index < -0.39 is 0 Å². The van der Waals surface area contributed by atoms with E-state index in [1.165, 1.54) is 12.3 Å². The molecule has 0 bridgehead atoms. The first-order valence-electron chi connectivity index (χ1n) is 6.40. The second-order valence-corrected chi connectivity index (χ2v) is 5.76. The minimum atomic E-state index is -0.339. The van der Waals surface area contributed by atoms with Gasteiger partial charge < -0.3 is 5.32 Å². The van der Waals surface area contributed by atoms with Gasteiger partial charge in [-0.2, -0.15) is 0 Å². The molecule has 2 nitrogen and oxygen atoms in total. The second-order valence-electron chi connectivity index (χ2n) is 4.50. The van der Waals surface area contributed by atoms with Crippen molar-refractivity contribution in [2.45, 2.75) is 19.4 Å². The molecule has 0 saturated heterocycles. The molecule has 2 rings (SSSR count). The zero-order chi connectivity index (χ0) is 14.5. The summed E-state index contributed by atoms with van der Waals surface area (Å²) in [6, 6.07) is 7.11. The molecule has 2 aromatic rings. The molecule has 0 fully saturated rings. The molecule has 1 atom stereocenters. The van der Waals surface area contributed by atoms with Crippen LogP contribution >= 0.6 is 27.5 Å². The summed E-state index contributed by atoms with van der Waals surface area (Å²) in [5.74, 6) is -0.339. The molecular formula is C15H15BrClFN2. The van der Waals surface area contributed by atoms with E-state index in [4.69, 9.17) is 11.6 Å². The van der Waals surface area contributed by atoms with Crippen molar-refractivity contribution in [2.75, 3.05) is 6.54 Å². The van der Waals surface area contributed by atoms with E-state index in [2.05, 4.69) is 33.2 Å². The molecule has 1 unspecified atom stereocenters. The highest BCUT2D eigenvalue weighted by Gasteiger charge is 2.15. The molecule has 0 radical (unpaired) electrons. The molecule has 5 heteroatoms. The molecule has 0 aliphatic rings. The van der Waals surface area contributed by atoms with Crippen LogP contribution in [0.25, 0.3) is 0 Å². The van der Waals surface area contributed by atoms with Crippen LogP contribution < -0.4 is 5.32 Å². The first-order valence-corrected chi connectivity index (χ1v) is 7.57. The Balaban J connectivity index is 2.38. The van der Waals surface area contributed by atoms with Crippen LogP contribution in [0.15, 0.2) is 41.1 Å². The molecule has 1 N–H and O–H groups in total. The van der Waals surface area contributed by atoms with Crippen LogP contribution in [0.1, 0.15) is 30.5 Å². The fourth-order valence-corrected chi connectivity index (χ4v) is 2.43. The predicted octanol–water partition coefficient (Wildman–Crippen LogP) is 4.73. The number of hydrogen-bond acceptors (Lipinski definition) is 2. The van der Waals surface area contributed by atoms with Gasteiger partial charge in [0.1, 0.15) is 5.82 Å². The Morgan fingerprint density at radius 3 is 2.75 bits per heavy atom. The van der Waals surface area contributed by atoms with Gasteiger partial charge in [0.25, 0.3) is 0 Å². The maximum Gasteiger partial charge on any atom is 0.141 e. The van der Waals surface area contributed by atoms with E-state index >= 15 is 0 Å². The van der Waals surface area contributed by atoms with Gasteiger partial charge in [-0.15, -0.1) is 0 Å². The summed E-state index contributed by atoms with van der Waals surface area (Å²) in [4.78, 5) is 3.92. The Morgan fingerprint density at radius 1 is 1.30 bits per heavy atom. The van der Waals surface area contributed by atoms with Crippen molar-refractivity contribution < 1.29 is 4.39 Å². The van der Waals surface area contributed by atoms with Crippen LogP contribution in [0.5, 0.6) is 0 Å². The summed E-state index contributed by atoms with van der Waals surface area (Å²) in [5.41, 5.74) is 1.77. The topological polar surface area (TPSA) is 24.9 Å². The van der Waals surface area contributed by atoms with Crippen LogP contribution in [0.4, 0.5) is 4.39 Å². The van der Waals surface area contributed by atoms with Crippen LogP contribution in [0.3, 0.4) is 0 Å². The number of nitrogens with one attached hydrogen (secondary N) is 1.